The Morgan fingerprint density at radius 2 is 0.603 bits per heavy atom. The Hall–Kier alpha value is -1.40. The van der Waals surface area contributed by atoms with Gasteiger partial charge >= 0.3 is 5.97 Å². The van der Waals surface area contributed by atoms with Crippen LogP contribution in [0, 0.1) is 0 Å². The van der Waals surface area contributed by atoms with Crippen LogP contribution in [-0.4, -0.2) is 47.4 Å². The lowest BCUT2D eigenvalue weighted by molar-refractivity contribution is -0.143. The van der Waals surface area contributed by atoms with Crippen LogP contribution in [0.2, 0.25) is 0 Å². The standard InChI is InChI=1S/C72H141NO5/c1-3-5-7-9-11-13-15-17-19-21-22-23-24-25-26-27-29-33-36-40-44-48-52-56-60-64-70(75)69(68-74)73-71(76)65-61-57-53-49-45-41-37-34-30-28-31-35-39-43-47-51-55-59-63-67-78-72(77)66-62-58-54-50-46-42-38-32-20-18-16-14-12-10-8-6-4-2/h18,20,69-70,74-75H,3-17,19,21-68H2,1-2H3,(H,73,76)/b20-18-. The van der Waals surface area contributed by atoms with Crippen LogP contribution >= 0.6 is 0 Å². The Morgan fingerprint density at radius 3 is 0.910 bits per heavy atom. The minimum absolute atomic E-state index is 0.00733. The van der Waals surface area contributed by atoms with Gasteiger partial charge in [0, 0.05) is 12.8 Å². The van der Waals surface area contributed by atoms with Gasteiger partial charge in [0.25, 0.3) is 0 Å². The smallest absolute Gasteiger partial charge is 0.305 e. The molecule has 0 aliphatic heterocycles. The molecular formula is C72H141NO5. The van der Waals surface area contributed by atoms with E-state index in [0.717, 1.165) is 44.9 Å². The number of amides is 1. The zero-order valence-electron chi connectivity index (χ0n) is 53.2. The van der Waals surface area contributed by atoms with Gasteiger partial charge < -0.3 is 20.3 Å². The molecule has 0 aromatic carbocycles. The molecule has 2 unspecified atom stereocenters. The molecule has 0 aromatic rings. The highest BCUT2D eigenvalue weighted by atomic mass is 16.5. The van der Waals surface area contributed by atoms with E-state index in [1.54, 1.807) is 0 Å². The predicted octanol–water partition coefficient (Wildman–Crippen LogP) is 23.1. The second kappa shape index (κ2) is 68.1. The summed E-state index contributed by atoms with van der Waals surface area (Å²) < 4.78 is 5.50. The maximum Gasteiger partial charge on any atom is 0.305 e. The quantitative estimate of drug-likeness (QED) is 0.0320. The summed E-state index contributed by atoms with van der Waals surface area (Å²) in [7, 11) is 0. The van der Waals surface area contributed by atoms with Crippen LogP contribution in [0.3, 0.4) is 0 Å². The highest BCUT2D eigenvalue weighted by Gasteiger charge is 2.20. The first-order chi connectivity index (χ1) is 38.5. The minimum atomic E-state index is -0.668. The number of hydrogen-bond acceptors (Lipinski definition) is 5. The van der Waals surface area contributed by atoms with Crippen LogP contribution < -0.4 is 5.32 Å². The lowest BCUT2D eigenvalue weighted by Crippen LogP contribution is -2.45. The van der Waals surface area contributed by atoms with E-state index >= 15 is 0 Å². The Balaban J connectivity index is 3.38. The van der Waals surface area contributed by atoms with Crippen LogP contribution in [0.5, 0.6) is 0 Å². The number of carbonyl (C=O) groups excluding carboxylic acids is 2. The van der Waals surface area contributed by atoms with Gasteiger partial charge in [-0.3, -0.25) is 9.59 Å². The number of nitrogens with one attached hydrogen (secondary N) is 1. The number of ether oxygens (including phenoxy) is 1. The molecule has 464 valence electrons. The second-order valence-corrected chi connectivity index (χ2v) is 24.9. The van der Waals surface area contributed by atoms with Gasteiger partial charge in [-0.25, -0.2) is 0 Å². The number of allylic oxidation sites excluding steroid dienone is 2. The van der Waals surface area contributed by atoms with Gasteiger partial charge in [-0.05, 0) is 51.4 Å². The Morgan fingerprint density at radius 1 is 0.346 bits per heavy atom. The van der Waals surface area contributed by atoms with Gasteiger partial charge in [-0.15, -0.1) is 0 Å². The highest BCUT2D eigenvalue weighted by Crippen LogP contribution is 2.19. The van der Waals surface area contributed by atoms with Gasteiger partial charge in [0.1, 0.15) is 0 Å². The van der Waals surface area contributed by atoms with E-state index in [1.165, 1.54) is 334 Å². The summed E-state index contributed by atoms with van der Waals surface area (Å²) in [4.78, 5) is 24.7. The van der Waals surface area contributed by atoms with Crippen LogP contribution in [0.15, 0.2) is 12.2 Å². The Kier molecular flexibility index (Phi) is 66.9. The van der Waals surface area contributed by atoms with Crippen molar-refractivity contribution in [1.29, 1.82) is 0 Å². The van der Waals surface area contributed by atoms with Crippen molar-refractivity contribution < 1.29 is 24.5 Å². The summed E-state index contributed by atoms with van der Waals surface area (Å²) >= 11 is 0. The first kappa shape index (κ1) is 76.6. The lowest BCUT2D eigenvalue weighted by Gasteiger charge is -2.22. The van der Waals surface area contributed by atoms with Crippen LogP contribution in [-0.2, 0) is 14.3 Å². The number of hydrogen-bond donors (Lipinski definition) is 3. The lowest BCUT2D eigenvalue weighted by atomic mass is 10.0. The molecule has 0 fully saturated rings. The van der Waals surface area contributed by atoms with Crippen LogP contribution in [0.4, 0.5) is 0 Å². The Labute approximate surface area is 489 Å². The summed E-state index contributed by atoms with van der Waals surface area (Å²) in [5.74, 6) is -0.0250. The molecule has 6 heteroatoms. The first-order valence-corrected chi connectivity index (χ1v) is 35.9. The summed E-state index contributed by atoms with van der Waals surface area (Å²) in [6.07, 6.45) is 84.0. The number of esters is 1. The minimum Gasteiger partial charge on any atom is -0.466 e. The Bertz CT molecular complexity index is 1180. The van der Waals surface area contributed by atoms with Crippen LogP contribution in [0.1, 0.15) is 412 Å². The molecule has 0 saturated heterocycles. The first-order valence-electron chi connectivity index (χ1n) is 35.9. The summed E-state index contributed by atoms with van der Waals surface area (Å²) in [5.41, 5.74) is 0. The van der Waals surface area contributed by atoms with E-state index < -0.39 is 12.1 Å². The molecule has 0 heterocycles. The molecule has 0 saturated carbocycles. The van der Waals surface area contributed by atoms with Gasteiger partial charge in [0.15, 0.2) is 0 Å². The third-order valence-corrected chi connectivity index (χ3v) is 17.1. The largest absolute Gasteiger partial charge is 0.466 e. The van der Waals surface area contributed by atoms with E-state index in [0.29, 0.717) is 25.9 Å². The predicted molar refractivity (Wildman–Crippen MR) is 343 cm³/mol. The molecular weight excluding hydrogens is 959 g/mol. The van der Waals surface area contributed by atoms with Crippen molar-refractivity contribution in [3.8, 4) is 0 Å². The fourth-order valence-electron chi connectivity index (χ4n) is 11.6. The van der Waals surface area contributed by atoms with E-state index in [-0.39, 0.29) is 18.5 Å². The van der Waals surface area contributed by atoms with Crippen molar-refractivity contribution in [2.45, 2.75) is 424 Å². The van der Waals surface area contributed by atoms with Gasteiger partial charge in [0.05, 0.1) is 25.4 Å². The summed E-state index contributed by atoms with van der Waals surface area (Å²) in [5, 5.41) is 23.5. The number of aliphatic hydroxyl groups is 2. The van der Waals surface area contributed by atoms with Crippen LogP contribution in [0.25, 0.3) is 0 Å². The van der Waals surface area contributed by atoms with E-state index in [4.69, 9.17) is 4.74 Å². The van der Waals surface area contributed by atoms with E-state index in [9.17, 15) is 19.8 Å². The maximum atomic E-state index is 12.6. The highest BCUT2D eigenvalue weighted by molar-refractivity contribution is 5.76. The summed E-state index contributed by atoms with van der Waals surface area (Å²) in [6, 6.07) is -0.545. The van der Waals surface area contributed by atoms with Crippen molar-refractivity contribution in [3.05, 3.63) is 12.2 Å². The van der Waals surface area contributed by atoms with E-state index in [2.05, 4.69) is 31.3 Å². The molecule has 0 bridgehead atoms. The van der Waals surface area contributed by atoms with Crippen molar-refractivity contribution in [2.24, 2.45) is 0 Å². The summed E-state index contributed by atoms with van der Waals surface area (Å²) in [6.45, 7) is 4.99. The zero-order valence-corrected chi connectivity index (χ0v) is 53.2. The molecule has 3 N–H and O–H groups in total. The fourth-order valence-corrected chi connectivity index (χ4v) is 11.6. The normalized spacial score (nSPS) is 12.5. The van der Waals surface area contributed by atoms with Gasteiger partial charge in [0.2, 0.25) is 5.91 Å². The van der Waals surface area contributed by atoms with Crippen molar-refractivity contribution in [1.82, 2.24) is 5.32 Å². The molecule has 0 aliphatic rings. The van der Waals surface area contributed by atoms with Crippen molar-refractivity contribution in [3.63, 3.8) is 0 Å². The topological polar surface area (TPSA) is 95.9 Å². The molecule has 0 aliphatic carbocycles. The molecule has 78 heavy (non-hydrogen) atoms. The average Bonchev–Trinajstić information content (AvgIpc) is 3.44. The molecule has 0 spiro atoms. The molecule has 2 atom stereocenters. The van der Waals surface area contributed by atoms with Crippen molar-refractivity contribution >= 4 is 11.9 Å². The average molecular weight is 1100 g/mol. The SMILES string of the molecule is CCCCCCCC/C=C\CCCCCCCCCC(=O)OCCCCCCCCCCCCCCCCCCCCCC(=O)NC(CO)C(O)CCCCCCCCCCCCCCCCCCCCCCCCCCC. The third kappa shape index (κ3) is 63.8. The zero-order chi connectivity index (χ0) is 56.4. The molecule has 0 radical (unpaired) electrons. The van der Waals surface area contributed by atoms with Gasteiger partial charge in [-0.1, -0.05) is 360 Å². The monoisotopic (exact) mass is 1100 g/mol. The number of rotatable bonds is 68. The molecule has 0 rings (SSSR count). The maximum absolute atomic E-state index is 12.6. The van der Waals surface area contributed by atoms with E-state index in [1.807, 2.05) is 0 Å². The molecule has 1 amide bonds. The van der Waals surface area contributed by atoms with Crippen molar-refractivity contribution in [2.75, 3.05) is 13.2 Å². The molecule has 6 nitrogen and oxygen atoms in total. The van der Waals surface area contributed by atoms with Gasteiger partial charge in [-0.2, -0.15) is 0 Å². The second-order valence-electron chi connectivity index (χ2n) is 24.9. The molecule has 0 aromatic heterocycles. The third-order valence-electron chi connectivity index (χ3n) is 17.1. The number of unbranched alkanes of at least 4 members (excludes halogenated alkanes) is 55. The number of carbonyl (C=O) groups is 2. The fraction of sp³-hybridized carbons (Fsp3) is 0.944. The number of aliphatic hydroxyl groups excluding tert-OH is 2.